The van der Waals surface area contributed by atoms with Crippen LogP contribution in [-0.2, 0) is 0 Å². The number of piperazine rings is 1. The van der Waals surface area contributed by atoms with Crippen LogP contribution in [0.25, 0.3) is 0 Å². The van der Waals surface area contributed by atoms with Crippen molar-refractivity contribution in [1.82, 2.24) is 5.32 Å². The zero-order valence-corrected chi connectivity index (χ0v) is 12.2. The SMILES string of the molecule is Clc1cccc(N2CCNC(C3CCCCC3)C2)c1. The van der Waals surface area contributed by atoms with Crippen molar-refractivity contribution in [3.63, 3.8) is 0 Å². The Labute approximate surface area is 121 Å². The van der Waals surface area contributed by atoms with Crippen LogP contribution in [-0.4, -0.2) is 25.7 Å². The summed E-state index contributed by atoms with van der Waals surface area (Å²) in [5, 5.41) is 4.57. The number of anilines is 1. The summed E-state index contributed by atoms with van der Waals surface area (Å²) < 4.78 is 0. The van der Waals surface area contributed by atoms with Gasteiger partial charge < -0.3 is 10.2 Å². The zero-order valence-electron chi connectivity index (χ0n) is 11.4. The maximum Gasteiger partial charge on any atom is 0.0426 e. The van der Waals surface area contributed by atoms with E-state index in [9.17, 15) is 0 Å². The van der Waals surface area contributed by atoms with Gasteiger partial charge in [0.05, 0.1) is 0 Å². The summed E-state index contributed by atoms with van der Waals surface area (Å²) in [6.07, 6.45) is 7.07. The van der Waals surface area contributed by atoms with E-state index in [1.54, 1.807) is 0 Å². The Hall–Kier alpha value is -0.730. The summed E-state index contributed by atoms with van der Waals surface area (Å²) in [5.74, 6) is 0.871. The van der Waals surface area contributed by atoms with E-state index in [2.05, 4.69) is 28.4 Å². The van der Waals surface area contributed by atoms with Gasteiger partial charge in [-0.15, -0.1) is 0 Å². The summed E-state index contributed by atoms with van der Waals surface area (Å²) in [7, 11) is 0. The molecule has 0 amide bonds. The molecule has 1 unspecified atom stereocenters. The maximum absolute atomic E-state index is 6.11. The quantitative estimate of drug-likeness (QED) is 0.887. The fraction of sp³-hybridized carbons (Fsp3) is 0.625. The van der Waals surface area contributed by atoms with Gasteiger partial charge in [-0.3, -0.25) is 0 Å². The van der Waals surface area contributed by atoms with Crippen LogP contribution < -0.4 is 10.2 Å². The van der Waals surface area contributed by atoms with Crippen LogP contribution in [0.3, 0.4) is 0 Å². The molecule has 0 aromatic heterocycles. The number of rotatable bonds is 2. The first kappa shape index (κ1) is 13.3. The second kappa shape index (κ2) is 6.15. The summed E-state index contributed by atoms with van der Waals surface area (Å²) >= 11 is 6.11. The molecule has 1 atom stereocenters. The van der Waals surface area contributed by atoms with Gasteiger partial charge in [0.15, 0.2) is 0 Å². The third kappa shape index (κ3) is 3.24. The van der Waals surface area contributed by atoms with Gasteiger partial charge in [0.1, 0.15) is 0 Å². The van der Waals surface area contributed by atoms with Crippen LogP contribution in [0.4, 0.5) is 5.69 Å². The molecule has 0 bridgehead atoms. The highest BCUT2D eigenvalue weighted by Crippen LogP contribution is 2.29. The molecule has 2 fully saturated rings. The van der Waals surface area contributed by atoms with Crippen molar-refractivity contribution in [3.05, 3.63) is 29.3 Å². The standard InChI is InChI=1S/C16H23ClN2/c17-14-7-4-8-15(11-14)19-10-9-18-16(12-19)13-5-2-1-3-6-13/h4,7-8,11,13,16,18H,1-3,5-6,9-10,12H2. The summed E-state index contributed by atoms with van der Waals surface area (Å²) in [4.78, 5) is 2.49. The number of benzene rings is 1. The smallest absolute Gasteiger partial charge is 0.0426 e. The lowest BCUT2D eigenvalue weighted by Crippen LogP contribution is -2.54. The lowest BCUT2D eigenvalue weighted by molar-refractivity contribution is 0.257. The molecule has 2 aliphatic rings. The molecular weight excluding hydrogens is 256 g/mol. The van der Waals surface area contributed by atoms with Crippen LogP contribution in [0.5, 0.6) is 0 Å². The molecule has 1 aromatic rings. The Balaban J connectivity index is 1.67. The number of nitrogens with zero attached hydrogens (tertiary/aromatic N) is 1. The normalized spacial score (nSPS) is 25.5. The maximum atomic E-state index is 6.11. The van der Waals surface area contributed by atoms with Crippen molar-refractivity contribution in [2.75, 3.05) is 24.5 Å². The number of hydrogen-bond acceptors (Lipinski definition) is 2. The molecule has 2 nitrogen and oxygen atoms in total. The lowest BCUT2D eigenvalue weighted by atomic mass is 9.83. The zero-order chi connectivity index (χ0) is 13.1. The van der Waals surface area contributed by atoms with E-state index in [4.69, 9.17) is 11.6 Å². The van der Waals surface area contributed by atoms with E-state index >= 15 is 0 Å². The molecule has 1 aromatic carbocycles. The van der Waals surface area contributed by atoms with Crippen LogP contribution in [0, 0.1) is 5.92 Å². The van der Waals surface area contributed by atoms with Gasteiger partial charge in [-0.1, -0.05) is 36.9 Å². The summed E-state index contributed by atoms with van der Waals surface area (Å²) in [6, 6.07) is 8.93. The average molecular weight is 279 g/mol. The van der Waals surface area contributed by atoms with Gasteiger partial charge in [0.25, 0.3) is 0 Å². The molecule has 1 heterocycles. The van der Waals surface area contributed by atoms with Crippen molar-refractivity contribution in [1.29, 1.82) is 0 Å². The molecule has 3 rings (SSSR count). The van der Waals surface area contributed by atoms with Gasteiger partial charge in [-0.2, -0.15) is 0 Å². The van der Waals surface area contributed by atoms with Gasteiger partial charge >= 0.3 is 0 Å². The topological polar surface area (TPSA) is 15.3 Å². The first-order valence-corrected chi connectivity index (χ1v) is 7.94. The van der Waals surface area contributed by atoms with Crippen molar-refractivity contribution < 1.29 is 0 Å². The monoisotopic (exact) mass is 278 g/mol. The highest BCUT2D eigenvalue weighted by molar-refractivity contribution is 6.30. The van der Waals surface area contributed by atoms with Crippen molar-refractivity contribution in [2.45, 2.75) is 38.1 Å². The molecule has 0 radical (unpaired) electrons. The first-order chi connectivity index (χ1) is 9.33. The van der Waals surface area contributed by atoms with E-state index in [1.807, 2.05) is 6.07 Å². The molecule has 1 N–H and O–H groups in total. The third-order valence-electron chi connectivity index (χ3n) is 4.60. The van der Waals surface area contributed by atoms with E-state index in [0.29, 0.717) is 6.04 Å². The third-order valence-corrected chi connectivity index (χ3v) is 4.83. The number of nitrogens with one attached hydrogen (secondary N) is 1. The predicted molar refractivity (Wildman–Crippen MR) is 82.0 cm³/mol. The minimum atomic E-state index is 0.660. The predicted octanol–water partition coefficient (Wildman–Crippen LogP) is 3.70. The lowest BCUT2D eigenvalue weighted by Gasteiger charge is -2.40. The Kier molecular flexibility index (Phi) is 4.29. The molecule has 1 saturated heterocycles. The van der Waals surface area contributed by atoms with Crippen LogP contribution in [0.2, 0.25) is 5.02 Å². The molecule has 0 spiro atoms. The second-order valence-corrected chi connectivity index (χ2v) is 6.32. The molecule has 1 saturated carbocycles. The Bertz CT molecular complexity index is 415. The molecule has 104 valence electrons. The van der Waals surface area contributed by atoms with Gasteiger partial charge in [-0.05, 0) is 37.0 Å². The second-order valence-electron chi connectivity index (χ2n) is 5.88. The minimum Gasteiger partial charge on any atom is -0.369 e. The number of hydrogen-bond donors (Lipinski definition) is 1. The van der Waals surface area contributed by atoms with Crippen molar-refractivity contribution in [2.24, 2.45) is 5.92 Å². The van der Waals surface area contributed by atoms with Gasteiger partial charge in [0.2, 0.25) is 0 Å². The fourth-order valence-electron chi connectivity index (χ4n) is 3.54. The van der Waals surface area contributed by atoms with Gasteiger partial charge in [-0.25, -0.2) is 0 Å². The molecular formula is C16H23ClN2. The Morgan fingerprint density at radius 1 is 1.16 bits per heavy atom. The fourth-order valence-corrected chi connectivity index (χ4v) is 3.72. The summed E-state index contributed by atoms with van der Waals surface area (Å²) in [6.45, 7) is 3.31. The van der Waals surface area contributed by atoms with Crippen molar-refractivity contribution in [3.8, 4) is 0 Å². The highest BCUT2D eigenvalue weighted by Gasteiger charge is 2.28. The largest absolute Gasteiger partial charge is 0.369 e. The average Bonchev–Trinajstić information content (AvgIpc) is 2.48. The van der Waals surface area contributed by atoms with E-state index in [-0.39, 0.29) is 0 Å². The van der Waals surface area contributed by atoms with Gasteiger partial charge in [0, 0.05) is 36.4 Å². The number of halogens is 1. The minimum absolute atomic E-state index is 0.660. The van der Waals surface area contributed by atoms with E-state index < -0.39 is 0 Å². The van der Waals surface area contributed by atoms with Crippen LogP contribution >= 0.6 is 11.6 Å². The highest BCUT2D eigenvalue weighted by atomic mass is 35.5. The first-order valence-electron chi connectivity index (χ1n) is 7.57. The molecule has 1 aliphatic heterocycles. The van der Waals surface area contributed by atoms with Crippen molar-refractivity contribution >= 4 is 17.3 Å². The van der Waals surface area contributed by atoms with E-state index in [1.165, 1.54) is 37.8 Å². The molecule has 1 aliphatic carbocycles. The molecule has 19 heavy (non-hydrogen) atoms. The van der Waals surface area contributed by atoms with E-state index in [0.717, 1.165) is 30.6 Å². The summed E-state index contributed by atoms with van der Waals surface area (Å²) in [5.41, 5.74) is 1.27. The molecule has 3 heteroatoms. The van der Waals surface area contributed by atoms with Crippen LogP contribution in [0.15, 0.2) is 24.3 Å². The Morgan fingerprint density at radius 2 is 2.00 bits per heavy atom. The Morgan fingerprint density at radius 3 is 2.79 bits per heavy atom. The van der Waals surface area contributed by atoms with Crippen LogP contribution in [0.1, 0.15) is 32.1 Å².